The Morgan fingerprint density at radius 2 is 2.27 bits per heavy atom. The van der Waals surface area contributed by atoms with Crippen LogP contribution < -0.4 is 5.32 Å². The highest BCUT2D eigenvalue weighted by atomic mass is 16.2. The highest BCUT2D eigenvalue weighted by molar-refractivity contribution is 5.94. The van der Waals surface area contributed by atoms with E-state index in [-0.39, 0.29) is 24.4 Å². The first-order chi connectivity index (χ1) is 5.16. The van der Waals surface area contributed by atoms with Gasteiger partial charge >= 0.3 is 0 Å². The number of amides is 2. The van der Waals surface area contributed by atoms with E-state index < -0.39 is 0 Å². The summed E-state index contributed by atoms with van der Waals surface area (Å²) in [6.07, 6.45) is 0. The van der Waals surface area contributed by atoms with Crippen molar-refractivity contribution in [2.75, 3.05) is 13.1 Å². The number of nitrogens with zero attached hydrogens (tertiary/aromatic N) is 1. The summed E-state index contributed by atoms with van der Waals surface area (Å²) in [5.41, 5.74) is 0. The fourth-order valence-electron chi connectivity index (χ4n) is 1.22. The van der Waals surface area contributed by atoms with E-state index in [2.05, 4.69) is 5.32 Å². The topological polar surface area (TPSA) is 49.4 Å². The minimum atomic E-state index is -0.304. The first-order valence-electron chi connectivity index (χ1n) is 3.74. The van der Waals surface area contributed by atoms with E-state index in [1.54, 1.807) is 11.8 Å². The van der Waals surface area contributed by atoms with Crippen LogP contribution >= 0.6 is 0 Å². The van der Waals surface area contributed by atoms with Crippen LogP contribution in [0.3, 0.4) is 0 Å². The molecule has 62 valence electrons. The Kier molecular flexibility index (Phi) is 2.12. The van der Waals surface area contributed by atoms with Crippen LogP contribution in [-0.2, 0) is 9.59 Å². The molecule has 0 saturated carbocycles. The minimum absolute atomic E-state index is 0.000370. The number of hydrogen-bond donors (Lipinski definition) is 1. The Hall–Kier alpha value is -1.06. The molecule has 1 saturated heterocycles. The van der Waals surface area contributed by atoms with Gasteiger partial charge in [-0.3, -0.25) is 9.59 Å². The lowest BCUT2D eigenvalue weighted by Gasteiger charge is -2.31. The normalized spacial score (nSPS) is 25.3. The molecule has 1 fully saturated rings. The molecular formula is C7H12N2O2. The Morgan fingerprint density at radius 1 is 1.64 bits per heavy atom. The SMILES string of the molecule is CCN1C(=O)CNC(=O)C1C. The molecule has 1 rings (SSSR count). The second kappa shape index (κ2) is 2.90. The van der Waals surface area contributed by atoms with Crippen molar-refractivity contribution in [3.8, 4) is 0 Å². The molecule has 0 radical (unpaired) electrons. The molecule has 1 N–H and O–H groups in total. The molecular weight excluding hydrogens is 144 g/mol. The van der Waals surface area contributed by atoms with Gasteiger partial charge in [0.2, 0.25) is 11.8 Å². The molecule has 0 aromatic carbocycles. The summed E-state index contributed by atoms with van der Waals surface area (Å²) in [6, 6.07) is -0.304. The Labute approximate surface area is 65.6 Å². The lowest BCUT2D eigenvalue weighted by molar-refractivity contribution is -0.144. The van der Waals surface area contributed by atoms with Crippen molar-refractivity contribution in [2.24, 2.45) is 0 Å². The van der Waals surface area contributed by atoms with Gasteiger partial charge in [0.05, 0.1) is 6.54 Å². The molecule has 1 aliphatic rings. The van der Waals surface area contributed by atoms with Crippen LogP contribution in [-0.4, -0.2) is 35.8 Å². The molecule has 4 nitrogen and oxygen atoms in total. The molecule has 4 heteroatoms. The Balaban J connectivity index is 2.71. The number of nitrogens with one attached hydrogen (secondary N) is 1. The van der Waals surface area contributed by atoms with Crippen LogP contribution in [0.2, 0.25) is 0 Å². The van der Waals surface area contributed by atoms with Crippen molar-refractivity contribution in [3.05, 3.63) is 0 Å². The fraction of sp³-hybridized carbons (Fsp3) is 0.714. The zero-order valence-corrected chi connectivity index (χ0v) is 6.76. The predicted octanol–water partition coefficient (Wildman–Crippen LogP) is -0.647. The first kappa shape index (κ1) is 8.04. The van der Waals surface area contributed by atoms with E-state index in [1.807, 2.05) is 6.92 Å². The van der Waals surface area contributed by atoms with Gasteiger partial charge in [-0.2, -0.15) is 0 Å². The number of carbonyl (C=O) groups is 2. The highest BCUT2D eigenvalue weighted by Crippen LogP contribution is 2.03. The van der Waals surface area contributed by atoms with Crippen molar-refractivity contribution < 1.29 is 9.59 Å². The summed E-state index contributed by atoms with van der Waals surface area (Å²) < 4.78 is 0. The summed E-state index contributed by atoms with van der Waals surface area (Å²) in [5.74, 6) is -0.0638. The maximum absolute atomic E-state index is 11.1. The lowest BCUT2D eigenvalue weighted by Crippen LogP contribution is -2.56. The van der Waals surface area contributed by atoms with Gasteiger partial charge < -0.3 is 10.2 Å². The zero-order valence-electron chi connectivity index (χ0n) is 6.76. The van der Waals surface area contributed by atoms with E-state index >= 15 is 0 Å². The zero-order chi connectivity index (χ0) is 8.43. The van der Waals surface area contributed by atoms with Crippen molar-refractivity contribution in [1.29, 1.82) is 0 Å². The summed E-state index contributed by atoms with van der Waals surface area (Å²) in [7, 11) is 0. The number of piperazine rings is 1. The standard InChI is InChI=1S/C7H12N2O2/c1-3-9-5(2)7(11)8-4-6(9)10/h5H,3-4H2,1-2H3,(H,8,11). The molecule has 1 unspecified atom stereocenters. The molecule has 0 bridgehead atoms. The molecule has 0 aliphatic carbocycles. The Morgan fingerprint density at radius 3 is 2.73 bits per heavy atom. The molecule has 1 heterocycles. The maximum Gasteiger partial charge on any atom is 0.242 e. The maximum atomic E-state index is 11.1. The third-order valence-electron chi connectivity index (χ3n) is 1.92. The predicted molar refractivity (Wildman–Crippen MR) is 39.9 cm³/mol. The monoisotopic (exact) mass is 156 g/mol. The van der Waals surface area contributed by atoms with Gasteiger partial charge in [-0.15, -0.1) is 0 Å². The van der Waals surface area contributed by atoms with E-state index in [0.29, 0.717) is 6.54 Å². The van der Waals surface area contributed by atoms with E-state index in [0.717, 1.165) is 0 Å². The van der Waals surface area contributed by atoms with Crippen LogP contribution in [0.25, 0.3) is 0 Å². The molecule has 0 spiro atoms. The number of rotatable bonds is 1. The summed E-state index contributed by atoms with van der Waals surface area (Å²) in [5, 5.41) is 2.52. The minimum Gasteiger partial charge on any atom is -0.345 e. The van der Waals surface area contributed by atoms with Gasteiger partial charge in [0.15, 0.2) is 0 Å². The molecule has 0 aromatic heterocycles. The largest absolute Gasteiger partial charge is 0.345 e. The summed E-state index contributed by atoms with van der Waals surface area (Å²) in [6.45, 7) is 4.35. The second-order valence-electron chi connectivity index (χ2n) is 2.57. The van der Waals surface area contributed by atoms with E-state index in [4.69, 9.17) is 0 Å². The van der Waals surface area contributed by atoms with Crippen LogP contribution in [0.15, 0.2) is 0 Å². The van der Waals surface area contributed by atoms with Gasteiger partial charge in [0.1, 0.15) is 6.04 Å². The van der Waals surface area contributed by atoms with Crippen molar-refractivity contribution in [3.63, 3.8) is 0 Å². The van der Waals surface area contributed by atoms with Gasteiger partial charge in [0.25, 0.3) is 0 Å². The van der Waals surface area contributed by atoms with Gasteiger partial charge in [-0.25, -0.2) is 0 Å². The van der Waals surface area contributed by atoms with Gasteiger partial charge in [0, 0.05) is 6.54 Å². The summed E-state index contributed by atoms with van der Waals surface area (Å²) >= 11 is 0. The van der Waals surface area contributed by atoms with E-state index in [9.17, 15) is 9.59 Å². The third kappa shape index (κ3) is 1.34. The van der Waals surface area contributed by atoms with Crippen molar-refractivity contribution >= 4 is 11.8 Å². The van der Waals surface area contributed by atoms with Gasteiger partial charge in [-0.05, 0) is 13.8 Å². The van der Waals surface area contributed by atoms with E-state index in [1.165, 1.54) is 0 Å². The van der Waals surface area contributed by atoms with Crippen LogP contribution in [0.1, 0.15) is 13.8 Å². The molecule has 2 amide bonds. The van der Waals surface area contributed by atoms with Crippen LogP contribution in [0.4, 0.5) is 0 Å². The fourth-order valence-corrected chi connectivity index (χ4v) is 1.22. The van der Waals surface area contributed by atoms with Crippen molar-refractivity contribution in [2.45, 2.75) is 19.9 Å². The molecule has 1 atom stereocenters. The van der Waals surface area contributed by atoms with Crippen LogP contribution in [0.5, 0.6) is 0 Å². The Bertz CT molecular complexity index is 191. The lowest BCUT2D eigenvalue weighted by atomic mass is 10.2. The number of carbonyl (C=O) groups excluding carboxylic acids is 2. The van der Waals surface area contributed by atoms with Crippen LogP contribution in [0, 0.1) is 0 Å². The molecule has 1 aliphatic heterocycles. The molecule has 0 aromatic rings. The van der Waals surface area contributed by atoms with Gasteiger partial charge in [-0.1, -0.05) is 0 Å². The van der Waals surface area contributed by atoms with Crippen molar-refractivity contribution in [1.82, 2.24) is 10.2 Å². The number of hydrogen-bond acceptors (Lipinski definition) is 2. The number of likely N-dealkylation sites (N-methyl/N-ethyl adjacent to an activating group) is 1. The second-order valence-corrected chi connectivity index (χ2v) is 2.57. The first-order valence-corrected chi connectivity index (χ1v) is 3.74. The third-order valence-corrected chi connectivity index (χ3v) is 1.92. The average Bonchev–Trinajstić information content (AvgIpc) is 1.99. The summed E-state index contributed by atoms with van der Waals surface area (Å²) in [4.78, 5) is 23.7. The molecule has 11 heavy (non-hydrogen) atoms. The highest BCUT2D eigenvalue weighted by Gasteiger charge is 2.28. The quantitative estimate of drug-likeness (QED) is 0.548. The smallest absolute Gasteiger partial charge is 0.242 e. The average molecular weight is 156 g/mol.